The van der Waals surface area contributed by atoms with Crippen molar-refractivity contribution in [3.63, 3.8) is 0 Å². The lowest BCUT2D eigenvalue weighted by Crippen LogP contribution is -2.36. The van der Waals surface area contributed by atoms with Crippen molar-refractivity contribution < 1.29 is 17.9 Å². The van der Waals surface area contributed by atoms with Crippen LogP contribution >= 0.6 is 0 Å². The van der Waals surface area contributed by atoms with Gasteiger partial charge in [0, 0.05) is 25.9 Å². The van der Waals surface area contributed by atoms with Gasteiger partial charge in [-0.15, -0.1) is 0 Å². The Morgan fingerprint density at radius 1 is 1.23 bits per heavy atom. The molecule has 26 heavy (non-hydrogen) atoms. The van der Waals surface area contributed by atoms with Crippen LogP contribution in [0.15, 0.2) is 61.5 Å². The molecule has 3 rings (SSSR count). The van der Waals surface area contributed by atoms with E-state index >= 15 is 0 Å². The van der Waals surface area contributed by atoms with Crippen molar-refractivity contribution in [2.24, 2.45) is 7.05 Å². The number of fused-ring (bicyclic) bond motifs is 1. The minimum absolute atomic E-state index is 0.0442. The SMILES string of the molecule is Cn1c(=O)oc2ccc(S(=O)(=O)NCC(O)Cn3ccccc3=O)cc21. The molecule has 0 aliphatic heterocycles. The van der Waals surface area contributed by atoms with Gasteiger partial charge in [0.15, 0.2) is 5.58 Å². The van der Waals surface area contributed by atoms with E-state index in [9.17, 15) is 23.1 Å². The molecule has 2 heterocycles. The summed E-state index contributed by atoms with van der Waals surface area (Å²) in [6, 6.07) is 8.58. The van der Waals surface area contributed by atoms with E-state index in [1.54, 1.807) is 12.1 Å². The van der Waals surface area contributed by atoms with Crippen molar-refractivity contribution >= 4 is 21.1 Å². The van der Waals surface area contributed by atoms with Crippen LogP contribution in [0.25, 0.3) is 11.1 Å². The average Bonchev–Trinajstić information content (AvgIpc) is 2.89. The number of nitrogens with zero attached hydrogens (tertiary/aromatic N) is 2. The highest BCUT2D eigenvalue weighted by molar-refractivity contribution is 7.89. The first-order chi connectivity index (χ1) is 12.3. The van der Waals surface area contributed by atoms with Crippen LogP contribution in [-0.4, -0.2) is 35.3 Å². The average molecular weight is 379 g/mol. The van der Waals surface area contributed by atoms with Crippen LogP contribution < -0.4 is 16.0 Å². The Balaban J connectivity index is 1.74. The van der Waals surface area contributed by atoms with E-state index in [4.69, 9.17) is 4.42 Å². The number of benzene rings is 1. The van der Waals surface area contributed by atoms with Gasteiger partial charge in [0.1, 0.15) is 0 Å². The van der Waals surface area contributed by atoms with E-state index < -0.39 is 21.9 Å². The second kappa shape index (κ2) is 6.90. The summed E-state index contributed by atoms with van der Waals surface area (Å²) >= 11 is 0. The summed E-state index contributed by atoms with van der Waals surface area (Å²) < 4.78 is 34.6. The van der Waals surface area contributed by atoms with E-state index in [0.717, 1.165) is 0 Å². The van der Waals surface area contributed by atoms with Crippen LogP contribution in [0.1, 0.15) is 0 Å². The third kappa shape index (κ3) is 3.62. The first kappa shape index (κ1) is 18.1. The van der Waals surface area contributed by atoms with Crippen LogP contribution in [0.2, 0.25) is 0 Å². The molecule has 0 aliphatic carbocycles. The van der Waals surface area contributed by atoms with E-state index in [1.807, 2.05) is 0 Å². The number of nitrogens with one attached hydrogen (secondary N) is 1. The van der Waals surface area contributed by atoms with Crippen molar-refractivity contribution in [1.29, 1.82) is 0 Å². The molecule has 10 heteroatoms. The van der Waals surface area contributed by atoms with Crippen LogP contribution in [-0.2, 0) is 23.6 Å². The fraction of sp³-hybridized carbons (Fsp3) is 0.250. The van der Waals surface area contributed by atoms with Crippen molar-refractivity contribution in [3.05, 3.63) is 63.5 Å². The van der Waals surface area contributed by atoms with Crippen molar-refractivity contribution in [2.75, 3.05) is 6.54 Å². The van der Waals surface area contributed by atoms with Crippen LogP contribution in [0.3, 0.4) is 0 Å². The highest BCUT2D eigenvalue weighted by Crippen LogP contribution is 2.17. The second-order valence-corrected chi connectivity index (χ2v) is 7.52. The van der Waals surface area contributed by atoms with Crippen LogP contribution in [0.5, 0.6) is 0 Å². The monoisotopic (exact) mass is 379 g/mol. The zero-order valence-corrected chi connectivity index (χ0v) is 14.6. The van der Waals surface area contributed by atoms with Gasteiger partial charge >= 0.3 is 5.76 Å². The normalized spacial score (nSPS) is 13.2. The van der Waals surface area contributed by atoms with Gasteiger partial charge in [-0.25, -0.2) is 17.9 Å². The predicted molar refractivity (Wildman–Crippen MR) is 93.4 cm³/mol. The molecule has 0 saturated carbocycles. The molecule has 138 valence electrons. The van der Waals surface area contributed by atoms with Gasteiger partial charge in [0.05, 0.1) is 23.1 Å². The fourth-order valence-electron chi connectivity index (χ4n) is 2.47. The van der Waals surface area contributed by atoms with Gasteiger partial charge in [-0.05, 0) is 24.3 Å². The zero-order chi connectivity index (χ0) is 18.9. The molecule has 1 aromatic carbocycles. The number of aryl methyl sites for hydroxylation is 1. The molecule has 0 saturated heterocycles. The van der Waals surface area contributed by atoms with Gasteiger partial charge in [0.2, 0.25) is 10.0 Å². The highest BCUT2D eigenvalue weighted by Gasteiger charge is 2.18. The van der Waals surface area contributed by atoms with Gasteiger partial charge in [0.25, 0.3) is 5.56 Å². The molecule has 0 aliphatic rings. The minimum Gasteiger partial charge on any atom is -0.408 e. The van der Waals surface area contributed by atoms with Crippen molar-refractivity contribution in [2.45, 2.75) is 17.5 Å². The number of aromatic nitrogens is 2. The summed E-state index contributed by atoms with van der Waals surface area (Å²) in [6.45, 7) is -0.316. The number of rotatable bonds is 6. The molecule has 0 fully saturated rings. The van der Waals surface area contributed by atoms with Crippen LogP contribution in [0.4, 0.5) is 0 Å². The maximum absolute atomic E-state index is 12.4. The summed E-state index contributed by atoms with van der Waals surface area (Å²) in [6.07, 6.45) is 0.416. The first-order valence-electron chi connectivity index (χ1n) is 7.71. The van der Waals surface area contributed by atoms with E-state index in [-0.39, 0.29) is 29.1 Å². The number of oxazole rings is 1. The Kier molecular flexibility index (Phi) is 4.81. The number of pyridine rings is 1. The van der Waals surface area contributed by atoms with Gasteiger partial charge in [-0.1, -0.05) is 6.07 Å². The number of aliphatic hydroxyl groups excluding tert-OH is 1. The molecule has 1 unspecified atom stereocenters. The standard InChI is InChI=1S/C16H17N3O6S/c1-18-13-8-12(5-6-14(13)25-16(18)22)26(23,24)17-9-11(20)10-19-7-3-2-4-15(19)21/h2-8,11,17,20H,9-10H2,1H3. The Morgan fingerprint density at radius 3 is 2.73 bits per heavy atom. The molecule has 2 aromatic heterocycles. The topological polar surface area (TPSA) is 124 Å². The summed E-state index contributed by atoms with van der Waals surface area (Å²) in [5.41, 5.74) is 0.329. The lowest BCUT2D eigenvalue weighted by Gasteiger charge is -2.13. The lowest BCUT2D eigenvalue weighted by atomic mass is 10.3. The zero-order valence-electron chi connectivity index (χ0n) is 13.8. The number of aliphatic hydroxyl groups is 1. The predicted octanol–water partition coefficient (Wildman–Crippen LogP) is -0.367. The largest absolute Gasteiger partial charge is 0.419 e. The molecule has 0 bridgehead atoms. The third-order valence-electron chi connectivity index (χ3n) is 3.89. The van der Waals surface area contributed by atoms with Gasteiger partial charge in [-0.2, -0.15) is 0 Å². The lowest BCUT2D eigenvalue weighted by molar-refractivity contribution is 0.156. The third-order valence-corrected chi connectivity index (χ3v) is 5.31. The van der Waals surface area contributed by atoms with Gasteiger partial charge in [-0.3, -0.25) is 9.36 Å². The Labute approximate surface area is 148 Å². The van der Waals surface area contributed by atoms with Crippen molar-refractivity contribution in [1.82, 2.24) is 13.9 Å². The van der Waals surface area contributed by atoms with E-state index in [1.165, 1.54) is 46.6 Å². The Bertz CT molecular complexity index is 1160. The van der Waals surface area contributed by atoms with E-state index in [0.29, 0.717) is 5.52 Å². The molecule has 3 aromatic rings. The van der Waals surface area contributed by atoms with Gasteiger partial charge < -0.3 is 14.1 Å². The van der Waals surface area contributed by atoms with Crippen molar-refractivity contribution in [3.8, 4) is 0 Å². The molecule has 0 spiro atoms. The summed E-state index contributed by atoms with van der Waals surface area (Å²) in [4.78, 5) is 23.0. The molecule has 9 nitrogen and oxygen atoms in total. The molecule has 0 radical (unpaired) electrons. The molecule has 0 amide bonds. The smallest absolute Gasteiger partial charge is 0.408 e. The Morgan fingerprint density at radius 2 is 2.00 bits per heavy atom. The molecular weight excluding hydrogens is 362 g/mol. The van der Waals surface area contributed by atoms with E-state index in [2.05, 4.69) is 4.72 Å². The molecular formula is C16H17N3O6S. The fourth-order valence-corrected chi connectivity index (χ4v) is 3.56. The maximum Gasteiger partial charge on any atom is 0.419 e. The summed E-state index contributed by atoms with van der Waals surface area (Å²) in [7, 11) is -2.44. The first-order valence-corrected chi connectivity index (χ1v) is 9.19. The second-order valence-electron chi connectivity index (χ2n) is 5.75. The number of hydrogen-bond donors (Lipinski definition) is 2. The summed E-state index contributed by atoms with van der Waals surface area (Å²) in [5.74, 6) is -0.591. The summed E-state index contributed by atoms with van der Waals surface area (Å²) in [5, 5.41) is 10.0. The van der Waals surface area contributed by atoms with Crippen LogP contribution in [0, 0.1) is 0 Å². The Hall–Kier alpha value is -2.69. The number of sulfonamides is 1. The minimum atomic E-state index is -3.91. The molecule has 1 atom stereocenters. The molecule has 2 N–H and O–H groups in total. The number of hydrogen-bond acceptors (Lipinski definition) is 6. The maximum atomic E-state index is 12.4. The highest BCUT2D eigenvalue weighted by atomic mass is 32.2. The quantitative estimate of drug-likeness (QED) is 0.602.